The third-order valence-corrected chi connectivity index (χ3v) is 7.42. The minimum absolute atomic E-state index is 0.00229. The van der Waals surface area contributed by atoms with Gasteiger partial charge in [-0.2, -0.15) is 0 Å². The monoisotopic (exact) mass is 463 g/mol. The van der Waals surface area contributed by atoms with Crippen molar-refractivity contribution in [2.24, 2.45) is 0 Å². The van der Waals surface area contributed by atoms with E-state index in [2.05, 4.69) is 17.1 Å². The minimum Gasteiger partial charge on any atom is -0.286 e. The molecule has 3 aromatic heterocycles. The van der Waals surface area contributed by atoms with Gasteiger partial charge in [0.05, 0.1) is 5.52 Å². The van der Waals surface area contributed by atoms with Gasteiger partial charge in [0, 0.05) is 28.9 Å². The molecule has 0 atom stereocenters. The van der Waals surface area contributed by atoms with Crippen molar-refractivity contribution in [3.05, 3.63) is 99.4 Å². The standard InChI is InChI=1S/C24H18ClN3OS2/c25-18-9-4-8-17(14-18)15-30-24-27-20-19-10-5-12-26-22(19)31-21(20)23(29)28(24)13-11-16-6-2-1-3-7-16/h1-10,12,14H,11,13,15H2. The highest BCUT2D eigenvalue weighted by Crippen LogP contribution is 2.31. The Morgan fingerprint density at radius 3 is 2.68 bits per heavy atom. The van der Waals surface area contributed by atoms with Crippen molar-refractivity contribution >= 4 is 55.1 Å². The van der Waals surface area contributed by atoms with Gasteiger partial charge in [0.1, 0.15) is 9.53 Å². The lowest BCUT2D eigenvalue weighted by Gasteiger charge is -2.12. The molecule has 2 aromatic carbocycles. The third kappa shape index (κ3) is 4.24. The number of thioether (sulfide) groups is 1. The van der Waals surface area contributed by atoms with E-state index in [-0.39, 0.29) is 5.56 Å². The molecule has 3 heterocycles. The summed E-state index contributed by atoms with van der Waals surface area (Å²) in [5.41, 5.74) is 3.02. The largest absolute Gasteiger partial charge is 0.286 e. The molecule has 154 valence electrons. The fourth-order valence-corrected chi connectivity index (χ4v) is 5.71. The van der Waals surface area contributed by atoms with Crippen molar-refractivity contribution in [3.8, 4) is 0 Å². The zero-order valence-electron chi connectivity index (χ0n) is 16.5. The van der Waals surface area contributed by atoms with Gasteiger partial charge in [-0.25, -0.2) is 9.97 Å². The van der Waals surface area contributed by atoms with Crippen LogP contribution in [0.15, 0.2) is 82.9 Å². The maximum atomic E-state index is 13.5. The Bertz CT molecular complexity index is 1430. The molecule has 7 heteroatoms. The number of benzene rings is 2. The average Bonchev–Trinajstić information content (AvgIpc) is 3.17. The van der Waals surface area contributed by atoms with Gasteiger partial charge in [-0.1, -0.05) is 65.8 Å². The van der Waals surface area contributed by atoms with E-state index in [1.54, 1.807) is 22.5 Å². The van der Waals surface area contributed by atoms with Gasteiger partial charge in [-0.05, 0) is 41.8 Å². The number of aryl methyl sites for hydroxylation is 1. The molecule has 0 fully saturated rings. The van der Waals surface area contributed by atoms with Crippen LogP contribution in [0.2, 0.25) is 5.02 Å². The summed E-state index contributed by atoms with van der Waals surface area (Å²) in [6, 6.07) is 21.9. The normalized spacial score (nSPS) is 11.4. The number of nitrogens with zero attached hydrogens (tertiary/aromatic N) is 3. The van der Waals surface area contributed by atoms with Crippen LogP contribution >= 0.6 is 34.7 Å². The average molecular weight is 464 g/mol. The Morgan fingerprint density at radius 1 is 1.00 bits per heavy atom. The molecule has 0 unspecified atom stereocenters. The maximum Gasteiger partial charge on any atom is 0.272 e. The number of fused-ring (bicyclic) bond motifs is 3. The molecule has 0 aliphatic heterocycles. The third-order valence-electron chi connectivity index (χ3n) is 5.04. The Kier molecular flexibility index (Phi) is 5.76. The zero-order chi connectivity index (χ0) is 21.2. The quantitative estimate of drug-likeness (QED) is 0.222. The Morgan fingerprint density at radius 2 is 1.84 bits per heavy atom. The predicted octanol–water partition coefficient (Wildman–Crippen LogP) is 6.19. The number of hydrogen-bond donors (Lipinski definition) is 0. The van der Waals surface area contributed by atoms with Crippen LogP contribution in [0, 0.1) is 0 Å². The summed E-state index contributed by atoms with van der Waals surface area (Å²) in [6.45, 7) is 0.575. The summed E-state index contributed by atoms with van der Waals surface area (Å²) in [5, 5.41) is 2.36. The molecule has 0 radical (unpaired) electrons. The number of halogens is 1. The van der Waals surface area contributed by atoms with Crippen LogP contribution < -0.4 is 5.56 Å². The molecule has 0 amide bonds. The van der Waals surface area contributed by atoms with E-state index in [1.165, 1.54) is 16.9 Å². The van der Waals surface area contributed by atoms with Crippen LogP contribution in [0.4, 0.5) is 0 Å². The Labute approximate surface area is 192 Å². The number of aromatic nitrogens is 3. The predicted molar refractivity (Wildman–Crippen MR) is 130 cm³/mol. The lowest BCUT2D eigenvalue weighted by molar-refractivity contribution is 0.596. The van der Waals surface area contributed by atoms with Crippen LogP contribution in [0.3, 0.4) is 0 Å². The van der Waals surface area contributed by atoms with Crippen LogP contribution in [-0.2, 0) is 18.7 Å². The molecule has 0 spiro atoms. The minimum atomic E-state index is -0.00229. The van der Waals surface area contributed by atoms with E-state index in [0.29, 0.717) is 22.0 Å². The van der Waals surface area contributed by atoms with Gasteiger partial charge >= 0.3 is 0 Å². The summed E-state index contributed by atoms with van der Waals surface area (Å²) >= 11 is 9.12. The van der Waals surface area contributed by atoms with Crippen LogP contribution in [0.5, 0.6) is 0 Å². The fraction of sp³-hybridized carbons (Fsp3) is 0.125. The summed E-state index contributed by atoms with van der Waals surface area (Å²) < 4.78 is 2.47. The van der Waals surface area contributed by atoms with Gasteiger partial charge in [0.2, 0.25) is 0 Å². The first-order chi connectivity index (χ1) is 15.2. The highest BCUT2D eigenvalue weighted by atomic mass is 35.5. The SMILES string of the molecule is O=c1c2sc3ncccc3c2nc(SCc2cccc(Cl)c2)n1CCc1ccccc1. The number of rotatable bonds is 6. The Balaban J connectivity index is 1.57. The molecule has 0 saturated carbocycles. The zero-order valence-corrected chi connectivity index (χ0v) is 18.9. The highest BCUT2D eigenvalue weighted by molar-refractivity contribution is 7.98. The van der Waals surface area contributed by atoms with E-state index in [0.717, 1.165) is 32.9 Å². The first-order valence-corrected chi connectivity index (χ1v) is 12.1. The topological polar surface area (TPSA) is 47.8 Å². The molecule has 5 rings (SSSR count). The molecule has 0 aliphatic carbocycles. The molecule has 0 N–H and O–H groups in total. The highest BCUT2D eigenvalue weighted by Gasteiger charge is 2.17. The molecule has 4 nitrogen and oxygen atoms in total. The van der Waals surface area contributed by atoms with Crippen molar-refractivity contribution < 1.29 is 0 Å². The second-order valence-electron chi connectivity index (χ2n) is 7.14. The van der Waals surface area contributed by atoms with E-state index in [4.69, 9.17) is 16.6 Å². The Hall–Kier alpha value is -2.67. The van der Waals surface area contributed by atoms with Gasteiger partial charge < -0.3 is 0 Å². The van der Waals surface area contributed by atoms with Crippen molar-refractivity contribution in [2.45, 2.75) is 23.9 Å². The number of pyridine rings is 1. The van der Waals surface area contributed by atoms with Crippen molar-refractivity contribution in [1.29, 1.82) is 0 Å². The van der Waals surface area contributed by atoms with Crippen LogP contribution in [0.1, 0.15) is 11.1 Å². The molecule has 0 bridgehead atoms. The van der Waals surface area contributed by atoms with E-state index < -0.39 is 0 Å². The van der Waals surface area contributed by atoms with Crippen molar-refractivity contribution in [3.63, 3.8) is 0 Å². The van der Waals surface area contributed by atoms with Crippen molar-refractivity contribution in [2.75, 3.05) is 0 Å². The second kappa shape index (κ2) is 8.83. The van der Waals surface area contributed by atoms with Crippen LogP contribution in [0.25, 0.3) is 20.4 Å². The maximum absolute atomic E-state index is 13.5. The molecular formula is C24H18ClN3OS2. The summed E-state index contributed by atoms with van der Waals surface area (Å²) in [7, 11) is 0. The lowest BCUT2D eigenvalue weighted by atomic mass is 10.1. The summed E-state index contributed by atoms with van der Waals surface area (Å²) in [4.78, 5) is 23.7. The molecule has 5 aromatic rings. The van der Waals surface area contributed by atoms with Crippen LogP contribution in [-0.4, -0.2) is 14.5 Å². The fourth-order valence-electron chi connectivity index (χ4n) is 3.51. The van der Waals surface area contributed by atoms with Gasteiger partial charge in [0.15, 0.2) is 5.16 Å². The first kappa shape index (κ1) is 20.2. The smallest absolute Gasteiger partial charge is 0.272 e. The van der Waals surface area contributed by atoms with Gasteiger partial charge in [0.25, 0.3) is 5.56 Å². The lowest BCUT2D eigenvalue weighted by Crippen LogP contribution is -2.23. The van der Waals surface area contributed by atoms with Crippen molar-refractivity contribution in [1.82, 2.24) is 14.5 Å². The first-order valence-electron chi connectivity index (χ1n) is 9.88. The number of thiophene rings is 1. The number of hydrogen-bond acceptors (Lipinski definition) is 5. The molecular weight excluding hydrogens is 446 g/mol. The molecule has 0 saturated heterocycles. The van der Waals surface area contributed by atoms with Gasteiger partial charge in [-0.15, -0.1) is 11.3 Å². The van der Waals surface area contributed by atoms with E-state index in [9.17, 15) is 4.79 Å². The summed E-state index contributed by atoms with van der Waals surface area (Å²) in [6.07, 6.45) is 2.52. The molecule has 31 heavy (non-hydrogen) atoms. The summed E-state index contributed by atoms with van der Waals surface area (Å²) in [5.74, 6) is 0.685. The second-order valence-corrected chi connectivity index (χ2v) is 9.52. The van der Waals surface area contributed by atoms with E-state index in [1.807, 2.05) is 54.6 Å². The van der Waals surface area contributed by atoms with Gasteiger partial charge in [-0.3, -0.25) is 9.36 Å². The van der Waals surface area contributed by atoms with E-state index >= 15 is 0 Å². The molecule has 0 aliphatic rings.